The number of hydrogen-bond acceptors (Lipinski definition) is 2. The van der Waals surface area contributed by atoms with Gasteiger partial charge in [-0.25, -0.2) is 0 Å². The summed E-state index contributed by atoms with van der Waals surface area (Å²) in [5.74, 6) is 0. The topological polar surface area (TPSA) is 15.3 Å². The smallest absolute Gasteiger partial charge is 0.0320 e. The zero-order valence-corrected chi connectivity index (χ0v) is 14.7. The Morgan fingerprint density at radius 3 is 2.68 bits per heavy atom. The first-order valence-electron chi connectivity index (χ1n) is 6.63. The molecule has 2 bridgehead atoms. The number of hydrogen-bond donors (Lipinski definition) is 1. The second-order valence-corrected chi connectivity index (χ2v) is 7.12. The largest absolute Gasteiger partial charge is 0.310 e. The highest BCUT2D eigenvalue weighted by molar-refractivity contribution is 9.13. The highest BCUT2D eigenvalue weighted by Crippen LogP contribution is 2.26. The average molecular weight is 411 g/mol. The van der Waals surface area contributed by atoms with Crippen LogP contribution in [0.15, 0.2) is 27.1 Å². The van der Waals surface area contributed by atoms with Crippen molar-refractivity contribution < 1.29 is 0 Å². The van der Waals surface area contributed by atoms with Crippen molar-refractivity contribution >= 4 is 44.3 Å². The molecule has 1 aromatic rings. The molecule has 0 saturated carbocycles. The molecule has 3 rings (SSSR count). The van der Waals surface area contributed by atoms with E-state index in [0.29, 0.717) is 0 Å². The predicted molar refractivity (Wildman–Crippen MR) is 88.9 cm³/mol. The number of likely N-dealkylation sites (tertiary alicyclic amines) is 1. The maximum absolute atomic E-state index is 3.73. The van der Waals surface area contributed by atoms with E-state index >= 15 is 0 Å². The van der Waals surface area contributed by atoms with Gasteiger partial charge in [0.25, 0.3) is 0 Å². The summed E-state index contributed by atoms with van der Waals surface area (Å²) in [7, 11) is 0. The summed E-state index contributed by atoms with van der Waals surface area (Å²) in [6.45, 7) is 3.49. The van der Waals surface area contributed by atoms with Crippen LogP contribution in [-0.4, -0.2) is 30.1 Å². The van der Waals surface area contributed by atoms with Gasteiger partial charge in [-0.3, -0.25) is 4.90 Å². The second-order valence-electron chi connectivity index (χ2n) is 5.41. The van der Waals surface area contributed by atoms with Crippen LogP contribution in [0.3, 0.4) is 0 Å². The van der Waals surface area contributed by atoms with Gasteiger partial charge in [0.2, 0.25) is 0 Å². The summed E-state index contributed by atoms with van der Waals surface area (Å²) in [5.41, 5.74) is 1.39. The Hall–Kier alpha value is 0.390. The Morgan fingerprint density at radius 2 is 1.89 bits per heavy atom. The van der Waals surface area contributed by atoms with Gasteiger partial charge in [0.15, 0.2) is 0 Å². The minimum atomic E-state index is 0. The molecule has 0 spiro atoms. The van der Waals surface area contributed by atoms with Crippen LogP contribution >= 0.6 is 44.3 Å². The highest BCUT2D eigenvalue weighted by Gasteiger charge is 2.28. The maximum Gasteiger partial charge on any atom is 0.0320 e. The molecule has 2 atom stereocenters. The third-order valence-electron chi connectivity index (χ3n) is 4.00. The molecule has 2 heterocycles. The lowest BCUT2D eigenvalue weighted by Gasteiger charge is -2.24. The Kier molecular flexibility index (Phi) is 5.73. The lowest BCUT2D eigenvalue weighted by Crippen LogP contribution is -2.34. The van der Waals surface area contributed by atoms with Gasteiger partial charge in [0, 0.05) is 40.7 Å². The standard InChI is InChI=1S/C14H18Br2N2.ClH/c15-13-4-1-10(7-14(13)16)8-18-6-5-11-2-3-12(9-18)17-11;/h1,4,7,11-12,17H,2-3,5-6,8-9H2;1H. The molecule has 1 N–H and O–H groups in total. The molecule has 5 heteroatoms. The van der Waals surface area contributed by atoms with Gasteiger partial charge in [-0.15, -0.1) is 12.4 Å². The summed E-state index contributed by atoms with van der Waals surface area (Å²) in [4.78, 5) is 2.59. The van der Waals surface area contributed by atoms with Crippen LogP contribution in [0.5, 0.6) is 0 Å². The number of fused-ring (bicyclic) bond motifs is 2. The summed E-state index contributed by atoms with van der Waals surface area (Å²) in [6, 6.07) is 8.06. The summed E-state index contributed by atoms with van der Waals surface area (Å²) < 4.78 is 2.28. The van der Waals surface area contributed by atoms with Crippen molar-refractivity contribution in [3.8, 4) is 0 Å². The fourth-order valence-electron chi connectivity index (χ4n) is 3.06. The molecule has 2 nitrogen and oxygen atoms in total. The summed E-state index contributed by atoms with van der Waals surface area (Å²) in [6.07, 6.45) is 4.03. The van der Waals surface area contributed by atoms with Crippen LogP contribution in [0.1, 0.15) is 24.8 Å². The van der Waals surface area contributed by atoms with Crippen molar-refractivity contribution in [3.63, 3.8) is 0 Å². The second kappa shape index (κ2) is 6.90. The normalized spacial score (nSPS) is 26.8. The van der Waals surface area contributed by atoms with E-state index in [9.17, 15) is 0 Å². The van der Waals surface area contributed by atoms with Gasteiger partial charge in [-0.05, 0) is 68.8 Å². The van der Waals surface area contributed by atoms with Crippen LogP contribution in [0.25, 0.3) is 0 Å². The van der Waals surface area contributed by atoms with E-state index in [0.717, 1.165) is 27.6 Å². The number of nitrogens with zero attached hydrogens (tertiary/aromatic N) is 1. The molecule has 0 radical (unpaired) electrons. The SMILES string of the molecule is Brc1ccc(CN2CCC3CCC(C2)N3)cc1Br.Cl. The molecule has 2 unspecified atom stereocenters. The van der Waals surface area contributed by atoms with Crippen molar-refractivity contribution in [1.82, 2.24) is 10.2 Å². The first-order chi connectivity index (χ1) is 8.70. The summed E-state index contributed by atoms with van der Waals surface area (Å²) >= 11 is 7.10. The predicted octanol–water partition coefficient (Wildman–Crippen LogP) is 3.96. The first-order valence-corrected chi connectivity index (χ1v) is 8.21. The van der Waals surface area contributed by atoms with Gasteiger partial charge < -0.3 is 5.32 Å². The molecular weight excluding hydrogens is 391 g/mol. The Labute approximate surface area is 138 Å². The van der Waals surface area contributed by atoms with E-state index < -0.39 is 0 Å². The highest BCUT2D eigenvalue weighted by atomic mass is 79.9. The Bertz CT molecular complexity index is 441. The molecule has 2 aliphatic rings. The van der Waals surface area contributed by atoms with Crippen molar-refractivity contribution in [1.29, 1.82) is 0 Å². The lowest BCUT2D eigenvalue weighted by molar-refractivity contribution is 0.251. The van der Waals surface area contributed by atoms with E-state index in [4.69, 9.17) is 0 Å². The molecule has 19 heavy (non-hydrogen) atoms. The number of rotatable bonds is 2. The molecule has 106 valence electrons. The van der Waals surface area contributed by atoms with Crippen LogP contribution in [0.4, 0.5) is 0 Å². The molecule has 2 aliphatic heterocycles. The van der Waals surface area contributed by atoms with E-state index in [1.54, 1.807) is 0 Å². The summed E-state index contributed by atoms with van der Waals surface area (Å²) in [5, 5.41) is 3.73. The van der Waals surface area contributed by atoms with E-state index in [2.05, 4.69) is 60.3 Å². The minimum Gasteiger partial charge on any atom is -0.310 e. The van der Waals surface area contributed by atoms with Gasteiger partial charge in [-0.1, -0.05) is 6.07 Å². The fourth-order valence-corrected chi connectivity index (χ4v) is 3.73. The van der Waals surface area contributed by atoms with Crippen LogP contribution in [0.2, 0.25) is 0 Å². The molecule has 0 amide bonds. The molecule has 1 aromatic carbocycles. The van der Waals surface area contributed by atoms with Crippen LogP contribution in [-0.2, 0) is 6.54 Å². The third kappa shape index (κ3) is 3.94. The third-order valence-corrected chi connectivity index (χ3v) is 5.88. The molecular formula is C14H19Br2ClN2. The molecule has 2 fully saturated rings. The van der Waals surface area contributed by atoms with Crippen molar-refractivity contribution in [2.45, 2.75) is 37.9 Å². The Balaban J connectivity index is 0.00000133. The molecule has 0 aliphatic carbocycles. The van der Waals surface area contributed by atoms with Crippen molar-refractivity contribution in [3.05, 3.63) is 32.7 Å². The van der Waals surface area contributed by atoms with Crippen molar-refractivity contribution in [2.75, 3.05) is 13.1 Å². The molecule has 0 aromatic heterocycles. The minimum absolute atomic E-state index is 0. The maximum atomic E-state index is 3.73. The zero-order chi connectivity index (χ0) is 12.5. The quantitative estimate of drug-likeness (QED) is 0.794. The lowest BCUT2D eigenvalue weighted by atomic mass is 10.1. The van der Waals surface area contributed by atoms with E-state index in [-0.39, 0.29) is 12.4 Å². The van der Waals surface area contributed by atoms with Gasteiger partial charge in [0.05, 0.1) is 0 Å². The van der Waals surface area contributed by atoms with E-state index in [1.807, 2.05) is 0 Å². The average Bonchev–Trinajstić information content (AvgIpc) is 2.68. The fraction of sp³-hybridized carbons (Fsp3) is 0.571. The van der Waals surface area contributed by atoms with Gasteiger partial charge >= 0.3 is 0 Å². The van der Waals surface area contributed by atoms with Crippen molar-refractivity contribution in [2.24, 2.45) is 0 Å². The number of benzene rings is 1. The van der Waals surface area contributed by atoms with Gasteiger partial charge in [-0.2, -0.15) is 0 Å². The zero-order valence-electron chi connectivity index (χ0n) is 10.7. The van der Waals surface area contributed by atoms with Crippen LogP contribution < -0.4 is 5.32 Å². The monoisotopic (exact) mass is 408 g/mol. The molecule has 2 saturated heterocycles. The first kappa shape index (κ1) is 15.8. The number of nitrogens with one attached hydrogen (secondary N) is 1. The van der Waals surface area contributed by atoms with E-state index in [1.165, 1.54) is 37.9 Å². The van der Waals surface area contributed by atoms with Gasteiger partial charge in [0.1, 0.15) is 0 Å². The van der Waals surface area contributed by atoms with Crippen LogP contribution in [0, 0.1) is 0 Å². The number of halogens is 3. The Morgan fingerprint density at radius 1 is 1.11 bits per heavy atom.